The normalized spacial score (nSPS) is 11.1. The Labute approximate surface area is 186 Å². The number of ether oxygens (including phenoxy) is 3. The van der Waals surface area contributed by atoms with Crippen LogP contribution < -0.4 is 19.5 Å². The number of halogens is 1. The lowest BCUT2D eigenvalue weighted by Crippen LogP contribution is -2.09. The van der Waals surface area contributed by atoms with E-state index in [1.54, 1.807) is 34.9 Å². The summed E-state index contributed by atoms with van der Waals surface area (Å²) < 4.78 is 30.7. The molecule has 2 aromatic carbocycles. The molecule has 0 saturated carbocycles. The van der Waals surface area contributed by atoms with Crippen molar-refractivity contribution in [3.63, 3.8) is 0 Å². The number of hydrogen-bond donors (Lipinski definition) is 1. The minimum Gasteiger partial charge on any atom is -0.493 e. The molecule has 4 aromatic rings. The third-order valence-electron chi connectivity index (χ3n) is 4.57. The van der Waals surface area contributed by atoms with Crippen LogP contribution in [0.4, 0.5) is 10.3 Å². The molecule has 0 spiro atoms. The van der Waals surface area contributed by atoms with Gasteiger partial charge in [0.1, 0.15) is 5.82 Å². The van der Waals surface area contributed by atoms with Crippen LogP contribution in [-0.4, -0.2) is 41.8 Å². The van der Waals surface area contributed by atoms with E-state index < -0.39 is 5.91 Å². The van der Waals surface area contributed by atoms with Crippen molar-refractivity contribution in [2.24, 2.45) is 0 Å². The Balaban J connectivity index is 1.52. The van der Waals surface area contributed by atoms with Gasteiger partial charge in [-0.3, -0.25) is 10.1 Å². The highest BCUT2D eigenvalue weighted by Gasteiger charge is 2.14. The number of hydrogen-bond acceptors (Lipinski definition) is 7. The quantitative estimate of drug-likeness (QED) is 0.420. The second-order valence-electron chi connectivity index (χ2n) is 6.54. The third kappa shape index (κ3) is 4.26. The van der Waals surface area contributed by atoms with Crippen LogP contribution >= 0.6 is 11.3 Å². The molecule has 0 aliphatic carbocycles. The zero-order valence-corrected chi connectivity index (χ0v) is 18.3. The second kappa shape index (κ2) is 9.06. The summed E-state index contributed by atoms with van der Waals surface area (Å²) in [6, 6.07) is 9.54. The fourth-order valence-electron chi connectivity index (χ4n) is 3.07. The van der Waals surface area contributed by atoms with Crippen molar-refractivity contribution in [1.29, 1.82) is 0 Å². The van der Waals surface area contributed by atoms with Crippen LogP contribution in [0.25, 0.3) is 22.3 Å². The predicted octanol–water partition coefficient (Wildman–Crippen LogP) is 4.27. The van der Waals surface area contributed by atoms with E-state index in [0.29, 0.717) is 27.8 Å². The maximum atomic E-state index is 13.2. The van der Waals surface area contributed by atoms with Crippen molar-refractivity contribution in [3.05, 3.63) is 59.2 Å². The fourth-order valence-corrected chi connectivity index (χ4v) is 3.91. The van der Waals surface area contributed by atoms with E-state index in [0.717, 1.165) is 11.3 Å². The first-order valence-electron chi connectivity index (χ1n) is 9.41. The van der Waals surface area contributed by atoms with Gasteiger partial charge in [0.2, 0.25) is 10.7 Å². The van der Waals surface area contributed by atoms with Crippen LogP contribution in [0.3, 0.4) is 0 Å². The predicted molar refractivity (Wildman–Crippen MR) is 120 cm³/mol. The number of nitrogens with one attached hydrogen (secondary N) is 1. The Morgan fingerprint density at radius 3 is 2.41 bits per heavy atom. The zero-order chi connectivity index (χ0) is 22.7. The second-order valence-corrected chi connectivity index (χ2v) is 7.38. The standard InChI is InChI=1S/C22H19FN4O4S/c1-29-17-10-13(11-18(30-2)20(17)31-3)4-9-19(28)24-21-25-22-27(26-21)16(12-32-22)14-5-7-15(23)8-6-14/h4-12H,1-3H3,(H,24,26,28)/b9-4+. The molecule has 1 N–H and O–H groups in total. The molecule has 0 fully saturated rings. The summed E-state index contributed by atoms with van der Waals surface area (Å²) >= 11 is 1.37. The van der Waals surface area contributed by atoms with E-state index in [1.165, 1.54) is 50.9 Å². The van der Waals surface area contributed by atoms with Crippen molar-refractivity contribution < 1.29 is 23.4 Å². The van der Waals surface area contributed by atoms with Gasteiger partial charge in [-0.05, 0) is 48.0 Å². The molecule has 0 atom stereocenters. The minimum absolute atomic E-state index is 0.166. The van der Waals surface area contributed by atoms with Gasteiger partial charge in [0.15, 0.2) is 11.5 Å². The van der Waals surface area contributed by atoms with Crippen molar-refractivity contribution in [2.45, 2.75) is 0 Å². The summed E-state index contributed by atoms with van der Waals surface area (Å²) in [5.74, 6) is 0.883. The van der Waals surface area contributed by atoms with Gasteiger partial charge in [-0.25, -0.2) is 8.91 Å². The molecule has 2 aromatic heterocycles. The fraction of sp³-hybridized carbons (Fsp3) is 0.136. The first-order chi connectivity index (χ1) is 15.5. The lowest BCUT2D eigenvalue weighted by molar-refractivity contribution is -0.111. The first-order valence-corrected chi connectivity index (χ1v) is 10.3. The molecule has 0 bridgehead atoms. The molecular formula is C22H19FN4O4S. The summed E-state index contributed by atoms with van der Waals surface area (Å²) in [5, 5.41) is 8.86. The number of benzene rings is 2. The van der Waals surface area contributed by atoms with Crippen molar-refractivity contribution in [2.75, 3.05) is 26.6 Å². The smallest absolute Gasteiger partial charge is 0.250 e. The van der Waals surface area contributed by atoms with E-state index in [4.69, 9.17) is 14.2 Å². The van der Waals surface area contributed by atoms with Gasteiger partial charge in [-0.2, -0.15) is 4.98 Å². The molecule has 0 saturated heterocycles. The van der Waals surface area contributed by atoms with Gasteiger partial charge in [0.05, 0.1) is 27.0 Å². The molecule has 0 unspecified atom stereocenters. The van der Waals surface area contributed by atoms with Gasteiger partial charge >= 0.3 is 0 Å². The molecule has 32 heavy (non-hydrogen) atoms. The molecule has 0 aliphatic rings. The Morgan fingerprint density at radius 2 is 1.78 bits per heavy atom. The van der Waals surface area contributed by atoms with E-state index >= 15 is 0 Å². The van der Waals surface area contributed by atoms with E-state index in [-0.39, 0.29) is 11.8 Å². The summed E-state index contributed by atoms with van der Waals surface area (Å²) in [6.45, 7) is 0. The molecule has 164 valence electrons. The molecule has 0 aliphatic heterocycles. The van der Waals surface area contributed by atoms with Crippen LogP contribution in [0.15, 0.2) is 47.9 Å². The molecule has 0 radical (unpaired) electrons. The van der Waals surface area contributed by atoms with Gasteiger partial charge in [0.25, 0.3) is 11.9 Å². The topological polar surface area (TPSA) is 87.0 Å². The average molecular weight is 454 g/mol. The SMILES string of the molecule is COc1cc(/C=C/C(=O)Nc2nc3scc(-c4ccc(F)cc4)n3n2)cc(OC)c1OC. The molecular weight excluding hydrogens is 435 g/mol. The highest BCUT2D eigenvalue weighted by molar-refractivity contribution is 7.15. The van der Waals surface area contributed by atoms with E-state index in [2.05, 4.69) is 15.4 Å². The number of fused-ring (bicyclic) bond motifs is 1. The number of methoxy groups -OCH3 is 3. The number of thiazole rings is 1. The van der Waals surface area contributed by atoms with Crippen LogP contribution in [0.5, 0.6) is 17.2 Å². The molecule has 1 amide bonds. The van der Waals surface area contributed by atoms with Gasteiger partial charge in [0, 0.05) is 17.0 Å². The summed E-state index contributed by atoms with van der Waals surface area (Å²) in [7, 11) is 4.56. The molecule has 2 heterocycles. The van der Waals surface area contributed by atoms with Crippen molar-refractivity contribution >= 4 is 34.2 Å². The molecule has 8 nitrogen and oxygen atoms in total. The Morgan fingerprint density at radius 1 is 1.09 bits per heavy atom. The number of amides is 1. The molecule has 10 heteroatoms. The number of carbonyl (C=O) groups excluding carboxylic acids is 1. The molecule has 4 rings (SSSR count). The average Bonchev–Trinajstić information content (AvgIpc) is 3.37. The van der Waals surface area contributed by atoms with Crippen LogP contribution in [0.2, 0.25) is 0 Å². The Kier molecular flexibility index (Phi) is 6.04. The van der Waals surface area contributed by atoms with Gasteiger partial charge in [-0.15, -0.1) is 16.4 Å². The summed E-state index contributed by atoms with van der Waals surface area (Å²) in [4.78, 5) is 17.3. The minimum atomic E-state index is -0.402. The van der Waals surface area contributed by atoms with E-state index in [1.807, 2.05) is 5.38 Å². The number of rotatable bonds is 7. The lowest BCUT2D eigenvalue weighted by atomic mass is 10.1. The highest BCUT2D eigenvalue weighted by Crippen LogP contribution is 2.38. The summed E-state index contributed by atoms with van der Waals surface area (Å²) in [5.41, 5.74) is 2.24. The highest BCUT2D eigenvalue weighted by atomic mass is 32.1. The van der Waals surface area contributed by atoms with Crippen LogP contribution in [-0.2, 0) is 4.79 Å². The van der Waals surface area contributed by atoms with Crippen LogP contribution in [0.1, 0.15) is 5.56 Å². The number of nitrogens with zero attached hydrogens (tertiary/aromatic N) is 3. The largest absolute Gasteiger partial charge is 0.493 e. The van der Waals surface area contributed by atoms with Crippen molar-refractivity contribution in [1.82, 2.24) is 14.6 Å². The number of carbonyl (C=O) groups is 1. The third-order valence-corrected chi connectivity index (χ3v) is 5.39. The van der Waals surface area contributed by atoms with Gasteiger partial charge in [-0.1, -0.05) is 0 Å². The van der Waals surface area contributed by atoms with Gasteiger partial charge < -0.3 is 14.2 Å². The Bertz CT molecular complexity index is 1270. The summed E-state index contributed by atoms with van der Waals surface area (Å²) in [6.07, 6.45) is 2.97. The Hall–Kier alpha value is -3.92. The first kappa shape index (κ1) is 21.3. The monoisotopic (exact) mass is 454 g/mol. The lowest BCUT2D eigenvalue weighted by Gasteiger charge is -2.12. The maximum absolute atomic E-state index is 13.2. The van der Waals surface area contributed by atoms with Crippen LogP contribution in [0, 0.1) is 5.82 Å². The van der Waals surface area contributed by atoms with Crippen molar-refractivity contribution in [3.8, 4) is 28.5 Å². The van der Waals surface area contributed by atoms with E-state index in [9.17, 15) is 9.18 Å². The zero-order valence-electron chi connectivity index (χ0n) is 17.5. The number of anilines is 1. The number of aromatic nitrogens is 3. The maximum Gasteiger partial charge on any atom is 0.250 e.